The van der Waals surface area contributed by atoms with Gasteiger partial charge >= 0.3 is 6.03 Å². The number of methoxy groups -OCH3 is 1. The molecule has 2 aromatic carbocycles. The van der Waals surface area contributed by atoms with Crippen LogP contribution in [0.4, 0.5) is 10.5 Å². The zero-order valence-corrected chi connectivity index (χ0v) is 14.3. The minimum atomic E-state index is -0.587. The number of urea groups is 1. The molecule has 132 valence electrons. The third-order valence-corrected chi connectivity index (χ3v) is 3.73. The summed E-state index contributed by atoms with van der Waals surface area (Å²) in [7, 11) is 1.54. The Balaban J connectivity index is 2.03. The molecule has 0 heterocycles. The van der Waals surface area contributed by atoms with Crippen LogP contribution in [0.2, 0.25) is 0 Å². The quantitative estimate of drug-likeness (QED) is 0.495. The number of ether oxygens (including phenoxy) is 1. The average molecular weight is 343 g/mol. The van der Waals surface area contributed by atoms with Crippen LogP contribution in [0.3, 0.4) is 0 Å². The Morgan fingerprint density at radius 1 is 1.12 bits per heavy atom. The van der Waals surface area contributed by atoms with Gasteiger partial charge in [-0.05, 0) is 49.2 Å². The number of benzene rings is 2. The van der Waals surface area contributed by atoms with E-state index in [1.165, 1.54) is 0 Å². The molecule has 0 saturated carbocycles. The molecule has 1 atom stereocenters. The first-order valence-corrected chi connectivity index (χ1v) is 7.71. The molecule has 0 aliphatic heterocycles. The molecular weight excluding hydrogens is 322 g/mol. The summed E-state index contributed by atoms with van der Waals surface area (Å²) in [5.74, 6) is -0.00998. The van der Waals surface area contributed by atoms with Gasteiger partial charge in [-0.3, -0.25) is 10.0 Å². The molecule has 0 bridgehead atoms. The summed E-state index contributed by atoms with van der Waals surface area (Å²) < 4.78 is 5.24. The number of carbonyl (C=O) groups is 2. The molecule has 3 amide bonds. The van der Waals surface area contributed by atoms with Gasteiger partial charge in [0.1, 0.15) is 5.75 Å². The van der Waals surface area contributed by atoms with Crippen LogP contribution in [-0.4, -0.2) is 24.3 Å². The standard InChI is InChI=1S/C18H21N3O4/c1-11-4-9-16(25-3)15(10-11)20-18(23)19-12(2)13-5-7-14(8-6-13)17(22)21-24/h4-10,12,24H,1-3H3,(H,21,22)(H2,19,20,23). The van der Waals surface area contributed by atoms with E-state index in [-0.39, 0.29) is 12.1 Å². The summed E-state index contributed by atoms with van der Waals surface area (Å²) in [6.07, 6.45) is 0. The van der Waals surface area contributed by atoms with Gasteiger partial charge in [0.05, 0.1) is 18.8 Å². The second-order valence-corrected chi connectivity index (χ2v) is 5.59. The van der Waals surface area contributed by atoms with E-state index in [0.29, 0.717) is 17.0 Å². The first kappa shape index (κ1) is 18.3. The van der Waals surface area contributed by atoms with Crippen molar-refractivity contribution in [2.45, 2.75) is 19.9 Å². The molecular formula is C18H21N3O4. The van der Waals surface area contributed by atoms with Crippen molar-refractivity contribution in [1.82, 2.24) is 10.8 Å². The minimum Gasteiger partial charge on any atom is -0.495 e. The Kier molecular flexibility index (Phi) is 5.97. The van der Waals surface area contributed by atoms with E-state index in [1.807, 2.05) is 26.0 Å². The first-order valence-electron chi connectivity index (χ1n) is 7.71. The number of hydrogen-bond donors (Lipinski definition) is 4. The van der Waals surface area contributed by atoms with E-state index >= 15 is 0 Å². The molecule has 7 heteroatoms. The summed E-state index contributed by atoms with van der Waals surface area (Å²) in [4.78, 5) is 23.5. The highest BCUT2D eigenvalue weighted by molar-refractivity contribution is 5.93. The number of hydrogen-bond acceptors (Lipinski definition) is 4. The van der Waals surface area contributed by atoms with Crippen LogP contribution in [0.5, 0.6) is 5.75 Å². The maximum absolute atomic E-state index is 12.2. The monoisotopic (exact) mass is 343 g/mol. The third-order valence-electron chi connectivity index (χ3n) is 3.73. The topological polar surface area (TPSA) is 99.7 Å². The predicted molar refractivity (Wildman–Crippen MR) is 94.0 cm³/mol. The summed E-state index contributed by atoms with van der Waals surface area (Å²) in [6.45, 7) is 3.75. The highest BCUT2D eigenvalue weighted by Gasteiger charge is 2.13. The van der Waals surface area contributed by atoms with Crippen LogP contribution in [0.25, 0.3) is 0 Å². The van der Waals surface area contributed by atoms with Crippen LogP contribution in [-0.2, 0) is 0 Å². The normalized spacial score (nSPS) is 11.4. The van der Waals surface area contributed by atoms with E-state index in [0.717, 1.165) is 11.1 Å². The van der Waals surface area contributed by atoms with Crippen molar-refractivity contribution >= 4 is 17.6 Å². The second kappa shape index (κ2) is 8.16. The number of aryl methyl sites for hydroxylation is 1. The zero-order valence-electron chi connectivity index (χ0n) is 14.3. The molecule has 2 rings (SSSR count). The molecule has 25 heavy (non-hydrogen) atoms. The lowest BCUT2D eigenvalue weighted by atomic mass is 10.1. The van der Waals surface area contributed by atoms with Crippen molar-refractivity contribution in [3.63, 3.8) is 0 Å². The molecule has 1 unspecified atom stereocenters. The maximum atomic E-state index is 12.2. The minimum absolute atomic E-state index is 0.276. The van der Waals surface area contributed by atoms with Gasteiger partial charge in [-0.15, -0.1) is 0 Å². The van der Waals surface area contributed by atoms with Crippen LogP contribution in [0.1, 0.15) is 34.5 Å². The van der Waals surface area contributed by atoms with Gasteiger partial charge < -0.3 is 15.4 Å². The van der Waals surface area contributed by atoms with Gasteiger partial charge in [0, 0.05) is 5.56 Å². The fraction of sp³-hybridized carbons (Fsp3) is 0.222. The Morgan fingerprint density at radius 2 is 1.80 bits per heavy atom. The molecule has 4 N–H and O–H groups in total. The van der Waals surface area contributed by atoms with Gasteiger partial charge in [0.15, 0.2) is 0 Å². The van der Waals surface area contributed by atoms with Gasteiger partial charge in [-0.25, -0.2) is 10.3 Å². The van der Waals surface area contributed by atoms with Crippen LogP contribution >= 0.6 is 0 Å². The summed E-state index contributed by atoms with van der Waals surface area (Å²) >= 11 is 0. The number of amides is 3. The van der Waals surface area contributed by atoms with Crippen molar-refractivity contribution in [2.75, 3.05) is 12.4 Å². The third kappa shape index (κ3) is 4.71. The number of carbonyl (C=O) groups excluding carboxylic acids is 2. The number of rotatable bonds is 5. The lowest BCUT2D eigenvalue weighted by molar-refractivity contribution is 0.0706. The van der Waals surface area contributed by atoms with Crippen LogP contribution < -0.4 is 20.9 Å². The van der Waals surface area contributed by atoms with Crippen molar-refractivity contribution in [3.8, 4) is 5.75 Å². The fourth-order valence-electron chi connectivity index (χ4n) is 2.35. The molecule has 0 spiro atoms. The maximum Gasteiger partial charge on any atom is 0.319 e. The van der Waals surface area contributed by atoms with Crippen LogP contribution in [0.15, 0.2) is 42.5 Å². The van der Waals surface area contributed by atoms with Crippen molar-refractivity contribution in [2.24, 2.45) is 0 Å². The Labute approximate surface area is 146 Å². The lowest BCUT2D eigenvalue weighted by Crippen LogP contribution is -2.31. The van der Waals surface area contributed by atoms with Gasteiger partial charge in [-0.2, -0.15) is 0 Å². The van der Waals surface area contributed by atoms with Gasteiger partial charge in [0.25, 0.3) is 5.91 Å². The van der Waals surface area contributed by atoms with E-state index < -0.39 is 5.91 Å². The van der Waals surface area contributed by atoms with E-state index in [2.05, 4.69) is 10.6 Å². The molecule has 0 aromatic heterocycles. The van der Waals surface area contributed by atoms with Crippen LogP contribution in [0, 0.1) is 6.92 Å². The van der Waals surface area contributed by atoms with Gasteiger partial charge in [0.2, 0.25) is 0 Å². The molecule has 0 fully saturated rings. The number of anilines is 1. The molecule has 0 aliphatic rings. The largest absolute Gasteiger partial charge is 0.495 e. The number of nitrogens with one attached hydrogen (secondary N) is 3. The Bertz CT molecular complexity index is 759. The fourth-order valence-corrected chi connectivity index (χ4v) is 2.35. The predicted octanol–water partition coefficient (Wildman–Crippen LogP) is 3.01. The van der Waals surface area contributed by atoms with E-state index in [4.69, 9.17) is 9.94 Å². The van der Waals surface area contributed by atoms with Gasteiger partial charge in [-0.1, -0.05) is 18.2 Å². The number of hydroxylamine groups is 1. The summed E-state index contributed by atoms with van der Waals surface area (Å²) in [5, 5.41) is 14.2. The van der Waals surface area contributed by atoms with Crippen molar-refractivity contribution in [1.29, 1.82) is 0 Å². The summed E-state index contributed by atoms with van der Waals surface area (Å²) in [6, 6.07) is 11.4. The first-order chi connectivity index (χ1) is 11.9. The highest BCUT2D eigenvalue weighted by Crippen LogP contribution is 2.25. The lowest BCUT2D eigenvalue weighted by Gasteiger charge is -2.17. The van der Waals surface area contributed by atoms with E-state index in [9.17, 15) is 9.59 Å². The molecule has 2 aromatic rings. The van der Waals surface area contributed by atoms with Crippen molar-refractivity contribution in [3.05, 3.63) is 59.2 Å². The molecule has 0 aliphatic carbocycles. The SMILES string of the molecule is COc1ccc(C)cc1NC(=O)NC(C)c1ccc(C(=O)NO)cc1. The molecule has 0 radical (unpaired) electrons. The van der Waals surface area contributed by atoms with Crippen molar-refractivity contribution < 1.29 is 19.5 Å². The second-order valence-electron chi connectivity index (χ2n) is 5.59. The Hall–Kier alpha value is -3.06. The molecule has 0 saturated heterocycles. The average Bonchev–Trinajstić information content (AvgIpc) is 2.61. The zero-order chi connectivity index (χ0) is 18.4. The summed E-state index contributed by atoms with van der Waals surface area (Å²) in [5.41, 5.74) is 4.31. The van der Waals surface area contributed by atoms with E-state index in [1.54, 1.807) is 42.9 Å². The Morgan fingerprint density at radius 3 is 2.40 bits per heavy atom. The highest BCUT2D eigenvalue weighted by atomic mass is 16.5. The molecule has 7 nitrogen and oxygen atoms in total. The smallest absolute Gasteiger partial charge is 0.319 e.